The molecule has 2 aromatic rings. The van der Waals surface area contributed by atoms with Crippen molar-refractivity contribution in [3.8, 4) is 17.2 Å². The van der Waals surface area contributed by atoms with Gasteiger partial charge in [0.1, 0.15) is 11.9 Å². The van der Waals surface area contributed by atoms with Gasteiger partial charge in [0.25, 0.3) is 11.6 Å². The van der Waals surface area contributed by atoms with Crippen molar-refractivity contribution in [3.63, 3.8) is 0 Å². The monoisotopic (exact) mass is 400 g/mol. The van der Waals surface area contributed by atoms with E-state index in [1.807, 2.05) is 19.1 Å². The van der Waals surface area contributed by atoms with Gasteiger partial charge in [0, 0.05) is 23.6 Å². The number of rotatable bonds is 7. The van der Waals surface area contributed by atoms with E-state index in [0.29, 0.717) is 22.6 Å². The largest absolute Gasteiger partial charge is 0.493 e. The summed E-state index contributed by atoms with van der Waals surface area (Å²) < 4.78 is 16.2. The number of nitrogens with one attached hydrogen (secondary N) is 1. The lowest BCUT2D eigenvalue weighted by Gasteiger charge is -2.12. The third-order valence-corrected chi connectivity index (χ3v) is 5.25. The number of nitro benzene ring substituents is 1. The zero-order chi connectivity index (χ0) is 21.1. The summed E-state index contributed by atoms with van der Waals surface area (Å²) in [4.78, 5) is 23.6. The second-order valence-electron chi connectivity index (χ2n) is 6.93. The van der Waals surface area contributed by atoms with Crippen LogP contribution in [0.4, 0.5) is 5.69 Å². The molecule has 0 saturated heterocycles. The lowest BCUT2D eigenvalue weighted by molar-refractivity contribution is -0.385. The summed E-state index contributed by atoms with van der Waals surface area (Å²) in [5.74, 6) is 1.24. The molecular formula is C21H24N2O6. The molecule has 0 aromatic heterocycles. The van der Waals surface area contributed by atoms with Gasteiger partial charge in [-0.3, -0.25) is 14.9 Å². The third kappa shape index (κ3) is 3.96. The van der Waals surface area contributed by atoms with E-state index in [9.17, 15) is 14.9 Å². The van der Waals surface area contributed by atoms with Crippen molar-refractivity contribution in [2.45, 2.75) is 32.3 Å². The first kappa shape index (κ1) is 20.4. The molecule has 0 fully saturated rings. The van der Waals surface area contributed by atoms with Crippen molar-refractivity contribution in [1.82, 2.24) is 5.32 Å². The van der Waals surface area contributed by atoms with Crippen LogP contribution in [-0.4, -0.2) is 37.7 Å². The highest BCUT2D eigenvalue weighted by Crippen LogP contribution is 2.40. The number of para-hydroxylation sites is 1. The van der Waals surface area contributed by atoms with Crippen molar-refractivity contribution in [2.24, 2.45) is 0 Å². The summed E-state index contributed by atoms with van der Waals surface area (Å²) in [6, 6.07) is 8.42. The normalized spacial score (nSPS) is 17.2. The van der Waals surface area contributed by atoms with Gasteiger partial charge in [-0.05, 0) is 25.5 Å². The van der Waals surface area contributed by atoms with Gasteiger partial charge < -0.3 is 19.5 Å². The maximum atomic E-state index is 12.7. The zero-order valence-corrected chi connectivity index (χ0v) is 16.9. The molecule has 8 nitrogen and oxygen atoms in total. The number of hydrogen-bond acceptors (Lipinski definition) is 6. The van der Waals surface area contributed by atoms with Crippen molar-refractivity contribution in [2.75, 3.05) is 20.8 Å². The quantitative estimate of drug-likeness (QED) is 0.564. The van der Waals surface area contributed by atoms with Gasteiger partial charge in [-0.1, -0.05) is 19.1 Å². The molecule has 29 heavy (non-hydrogen) atoms. The van der Waals surface area contributed by atoms with Crippen LogP contribution in [0.1, 0.15) is 41.3 Å². The van der Waals surface area contributed by atoms with Gasteiger partial charge in [-0.15, -0.1) is 0 Å². The van der Waals surface area contributed by atoms with Crippen LogP contribution in [0.2, 0.25) is 0 Å². The summed E-state index contributed by atoms with van der Waals surface area (Å²) in [7, 11) is 2.89. The molecule has 1 aliphatic rings. The van der Waals surface area contributed by atoms with Crippen molar-refractivity contribution in [3.05, 3.63) is 57.1 Å². The summed E-state index contributed by atoms with van der Waals surface area (Å²) >= 11 is 0. The standard InChI is InChI=1S/C21H24N2O6/c1-12-13(2)29-20-15(12)6-5-7-16(20)21(24)22-9-8-14-10-18(27-3)19(28-4)11-17(14)23(25)26/h5-7,10-13H,8-9H2,1-4H3,(H,22,24)/t12-,13+/m1/s1. The summed E-state index contributed by atoms with van der Waals surface area (Å²) in [5, 5.41) is 14.2. The number of nitrogens with zero attached hydrogens (tertiary/aromatic N) is 1. The summed E-state index contributed by atoms with van der Waals surface area (Å²) in [6.07, 6.45) is 0.277. The number of amides is 1. The Morgan fingerprint density at radius 1 is 1.21 bits per heavy atom. The van der Waals surface area contributed by atoms with Crippen LogP contribution in [0, 0.1) is 10.1 Å². The van der Waals surface area contributed by atoms with E-state index in [-0.39, 0.29) is 42.3 Å². The summed E-state index contributed by atoms with van der Waals surface area (Å²) in [6.45, 7) is 4.26. The smallest absolute Gasteiger partial charge is 0.276 e. The minimum atomic E-state index is -0.472. The van der Waals surface area contributed by atoms with Gasteiger partial charge >= 0.3 is 0 Å². The number of hydrogen-bond donors (Lipinski definition) is 1. The first-order valence-electron chi connectivity index (χ1n) is 9.34. The van der Waals surface area contributed by atoms with Crippen LogP contribution in [0.3, 0.4) is 0 Å². The lowest BCUT2D eigenvalue weighted by atomic mass is 9.97. The average molecular weight is 400 g/mol. The Kier molecular flexibility index (Phi) is 5.91. The Morgan fingerprint density at radius 3 is 2.55 bits per heavy atom. The Balaban J connectivity index is 1.74. The van der Waals surface area contributed by atoms with Gasteiger partial charge in [-0.2, -0.15) is 0 Å². The van der Waals surface area contributed by atoms with Crippen LogP contribution in [0.25, 0.3) is 0 Å². The second-order valence-corrected chi connectivity index (χ2v) is 6.93. The number of carbonyl (C=O) groups excluding carboxylic acids is 1. The van der Waals surface area contributed by atoms with E-state index in [0.717, 1.165) is 5.56 Å². The molecule has 154 valence electrons. The molecular weight excluding hydrogens is 376 g/mol. The number of methoxy groups -OCH3 is 2. The molecule has 3 rings (SSSR count). The highest BCUT2D eigenvalue weighted by atomic mass is 16.6. The van der Waals surface area contributed by atoms with Crippen molar-refractivity contribution in [1.29, 1.82) is 0 Å². The number of ether oxygens (including phenoxy) is 3. The SMILES string of the molecule is COc1cc(CCNC(=O)c2cccc3c2O[C@@H](C)[C@H]3C)c([N+](=O)[O-])cc1OC. The van der Waals surface area contributed by atoms with Crippen LogP contribution < -0.4 is 19.5 Å². The molecule has 0 bridgehead atoms. The molecule has 0 spiro atoms. The third-order valence-electron chi connectivity index (χ3n) is 5.25. The van der Waals surface area contributed by atoms with Gasteiger partial charge in [-0.25, -0.2) is 0 Å². The van der Waals surface area contributed by atoms with E-state index in [2.05, 4.69) is 12.2 Å². The number of carbonyl (C=O) groups is 1. The molecule has 2 atom stereocenters. The van der Waals surface area contributed by atoms with Crippen LogP contribution in [-0.2, 0) is 6.42 Å². The Bertz CT molecular complexity index is 943. The highest BCUT2D eigenvalue weighted by Gasteiger charge is 2.31. The number of benzene rings is 2. The predicted octanol–water partition coefficient (Wildman–Crippen LogP) is 3.47. The van der Waals surface area contributed by atoms with E-state index < -0.39 is 4.92 Å². The first-order valence-corrected chi connectivity index (χ1v) is 9.34. The van der Waals surface area contributed by atoms with Crippen LogP contribution >= 0.6 is 0 Å². The Morgan fingerprint density at radius 2 is 1.90 bits per heavy atom. The summed E-state index contributed by atoms with van der Waals surface area (Å²) in [5.41, 5.74) is 1.86. The Labute approximate surface area is 168 Å². The molecule has 1 aliphatic heterocycles. The van der Waals surface area contributed by atoms with Crippen LogP contribution in [0.15, 0.2) is 30.3 Å². The topological polar surface area (TPSA) is 99.9 Å². The minimum Gasteiger partial charge on any atom is -0.493 e. The molecule has 0 saturated carbocycles. The van der Waals surface area contributed by atoms with E-state index in [1.54, 1.807) is 12.1 Å². The molecule has 0 unspecified atom stereocenters. The van der Waals surface area contributed by atoms with E-state index in [4.69, 9.17) is 14.2 Å². The first-order chi connectivity index (χ1) is 13.9. The molecule has 1 N–H and O–H groups in total. The maximum Gasteiger partial charge on any atom is 0.276 e. The van der Waals surface area contributed by atoms with E-state index >= 15 is 0 Å². The van der Waals surface area contributed by atoms with Gasteiger partial charge in [0.2, 0.25) is 0 Å². The Hall–Kier alpha value is -3.29. The van der Waals surface area contributed by atoms with Crippen molar-refractivity contribution >= 4 is 11.6 Å². The van der Waals surface area contributed by atoms with Crippen molar-refractivity contribution < 1.29 is 23.9 Å². The minimum absolute atomic E-state index is 0.00774. The molecule has 0 radical (unpaired) electrons. The fourth-order valence-corrected chi connectivity index (χ4v) is 3.45. The molecule has 8 heteroatoms. The fraction of sp³-hybridized carbons (Fsp3) is 0.381. The van der Waals surface area contributed by atoms with E-state index in [1.165, 1.54) is 20.3 Å². The fourth-order valence-electron chi connectivity index (χ4n) is 3.45. The van der Waals surface area contributed by atoms with Crippen LogP contribution in [0.5, 0.6) is 17.2 Å². The molecule has 2 aromatic carbocycles. The predicted molar refractivity (Wildman–Crippen MR) is 107 cm³/mol. The zero-order valence-electron chi connectivity index (χ0n) is 16.9. The molecule has 1 heterocycles. The van der Waals surface area contributed by atoms with Gasteiger partial charge in [0.15, 0.2) is 11.5 Å². The number of fused-ring (bicyclic) bond motifs is 1. The molecule has 0 aliphatic carbocycles. The molecule has 1 amide bonds. The number of nitro groups is 1. The lowest BCUT2D eigenvalue weighted by Crippen LogP contribution is -2.26. The second kappa shape index (κ2) is 8.38. The highest BCUT2D eigenvalue weighted by molar-refractivity contribution is 5.97. The average Bonchev–Trinajstić information content (AvgIpc) is 3.01. The maximum absolute atomic E-state index is 12.7. The van der Waals surface area contributed by atoms with Gasteiger partial charge in [0.05, 0.1) is 30.8 Å².